The number of halogens is 2. The maximum Gasteiger partial charge on any atom is 0.271 e. The Morgan fingerprint density at radius 1 is 1.00 bits per heavy atom. The number of benzene rings is 3. The standard InChI is InChI=1S/C29H28Cl2N4O3S/c1-19-7-5-6-8-23(19)18-34(39(4,37)38)26-12-9-22(10-13-26)29(36)33-32-17-24-15-20(2)35(21(24)3)28-16-25(30)11-14-27(28)31/h5-17H,18H2,1-4H3,(H,33,36)/b32-17-. The number of rotatable bonds is 8. The Kier molecular flexibility index (Phi) is 8.49. The van der Waals surface area contributed by atoms with Gasteiger partial charge in [0.2, 0.25) is 10.0 Å². The number of carbonyl (C=O) groups excluding carboxylic acids is 1. The quantitative estimate of drug-likeness (QED) is 0.192. The zero-order chi connectivity index (χ0) is 28.3. The highest BCUT2D eigenvalue weighted by molar-refractivity contribution is 7.92. The Labute approximate surface area is 238 Å². The molecular formula is C29H28Cl2N4O3S. The largest absolute Gasteiger partial charge is 0.316 e. The molecule has 202 valence electrons. The second-order valence-electron chi connectivity index (χ2n) is 9.20. The summed E-state index contributed by atoms with van der Waals surface area (Å²) in [6.45, 7) is 6.01. The number of amides is 1. The first kappa shape index (κ1) is 28.4. The van der Waals surface area contributed by atoms with Crippen molar-refractivity contribution in [3.05, 3.63) is 116 Å². The average molecular weight is 584 g/mol. The van der Waals surface area contributed by atoms with E-state index in [-0.39, 0.29) is 6.54 Å². The molecule has 3 aromatic carbocycles. The molecule has 0 bridgehead atoms. The molecule has 0 aliphatic rings. The van der Waals surface area contributed by atoms with E-state index < -0.39 is 15.9 Å². The van der Waals surface area contributed by atoms with Gasteiger partial charge in [-0.2, -0.15) is 5.10 Å². The van der Waals surface area contributed by atoms with E-state index in [0.717, 1.165) is 40.0 Å². The summed E-state index contributed by atoms with van der Waals surface area (Å²) in [5.74, 6) is -0.422. The van der Waals surface area contributed by atoms with Crippen molar-refractivity contribution in [2.45, 2.75) is 27.3 Å². The first-order valence-electron chi connectivity index (χ1n) is 12.1. The first-order chi connectivity index (χ1) is 18.5. The zero-order valence-electron chi connectivity index (χ0n) is 21.9. The van der Waals surface area contributed by atoms with Gasteiger partial charge in [-0.1, -0.05) is 47.5 Å². The summed E-state index contributed by atoms with van der Waals surface area (Å²) in [5.41, 5.74) is 8.61. The molecule has 0 saturated carbocycles. The van der Waals surface area contributed by atoms with Gasteiger partial charge in [-0.25, -0.2) is 13.8 Å². The van der Waals surface area contributed by atoms with Crippen LogP contribution < -0.4 is 9.73 Å². The van der Waals surface area contributed by atoms with Crippen LogP contribution in [-0.4, -0.2) is 31.4 Å². The second-order valence-corrected chi connectivity index (χ2v) is 12.0. The SMILES string of the molecule is Cc1ccccc1CN(c1ccc(C(=O)N/N=C\c2cc(C)n(-c3cc(Cl)ccc3Cl)c2C)cc1)S(C)(=O)=O. The van der Waals surface area contributed by atoms with Gasteiger partial charge in [-0.15, -0.1) is 0 Å². The molecule has 0 spiro atoms. The van der Waals surface area contributed by atoms with Crippen molar-refractivity contribution in [3.63, 3.8) is 0 Å². The zero-order valence-corrected chi connectivity index (χ0v) is 24.3. The number of hydrogen-bond donors (Lipinski definition) is 1. The highest BCUT2D eigenvalue weighted by Gasteiger charge is 2.19. The molecule has 1 heterocycles. The van der Waals surface area contributed by atoms with Crippen LogP contribution in [-0.2, 0) is 16.6 Å². The Morgan fingerprint density at radius 3 is 2.36 bits per heavy atom. The topological polar surface area (TPSA) is 83.8 Å². The lowest BCUT2D eigenvalue weighted by atomic mass is 10.1. The molecule has 7 nitrogen and oxygen atoms in total. The number of hydrogen-bond acceptors (Lipinski definition) is 4. The van der Waals surface area contributed by atoms with Crippen LogP contribution in [0.4, 0.5) is 5.69 Å². The molecule has 1 amide bonds. The molecule has 0 saturated heterocycles. The fraction of sp³-hybridized carbons (Fsp3) is 0.172. The molecule has 0 atom stereocenters. The number of sulfonamides is 1. The summed E-state index contributed by atoms with van der Waals surface area (Å²) >= 11 is 12.6. The van der Waals surface area contributed by atoms with Crippen molar-refractivity contribution in [1.29, 1.82) is 0 Å². The highest BCUT2D eigenvalue weighted by Crippen LogP contribution is 2.28. The molecule has 4 aromatic rings. The van der Waals surface area contributed by atoms with Crippen LogP contribution in [0.25, 0.3) is 5.69 Å². The summed E-state index contributed by atoms with van der Waals surface area (Å²) in [4.78, 5) is 12.7. The molecule has 39 heavy (non-hydrogen) atoms. The lowest BCUT2D eigenvalue weighted by Crippen LogP contribution is -2.29. The number of hydrazone groups is 1. The third-order valence-corrected chi connectivity index (χ3v) is 8.08. The van der Waals surface area contributed by atoms with Crippen molar-refractivity contribution >= 4 is 51.0 Å². The van der Waals surface area contributed by atoms with Gasteiger partial charge in [0.15, 0.2) is 0 Å². The van der Waals surface area contributed by atoms with E-state index in [1.807, 2.05) is 55.7 Å². The summed E-state index contributed by atoms with van der Waals surface area (Å²) < 4.78 is 28.4. The van der Waals surface area contributed by atoms with E-state index in [0.29, 0.717) is 21.3 Å². The fourth-order valence-corrected chi connectivity index (χ4v) is 5.54. The molecule has 0 radical (unpaired) electrons. The van der Waals surface area contributed by atoms with E-state index in [9.17, 15) is 13.2 Å². The summed E-state index contributed by atoms with van der Waals surface area (Å²) in [6, 6.07) is 21.2. The second kappa shape index (κ2) is 11.7. The molecule has 1 N–H and O–H groups in total. The predicted molar refractivity (Wildman–Crippen MR) is 159 cm³/mol. The van der Waals surface area contributed by atoms with Gasteiger partial charge in [0.25, 0.3) is 5.91 Å². The van der Waals surface area contributed by atoms with Gasteiger partial charge >= 0.3 is 0 Å². The van der Waals surface area contributed by atoms with Crippen LogP contribution in [0.5, 0.6) is 0 Å². The first-order valence-corrected chi connectivity index (χ1v) is 14.7. The van der Waals surface area contributed by atoms with E-state index in [2.05, 4.69) is 10.5 Å². The maximum absolute atomic E-state index is 12.7. The molecule has 0 fully saturated rings. The molecule has 0 unspecified atom stereocenters. The number of aryl methyl sites for hydroxylation is 2. The Morgan fingerprint density at radius 2 is 1.69 bits per heavy atom. The Balaban J connectivity index is 1.49. The van der Waals surface area contributed by atoms with Crippen LogP contribution in [0.3, 0.4) is 0 Å². The third-order valence-electron chi connectivity index (χ3n) is 6.38. The van der Waals surface area contributed by atoms with Crippen molar-refractivity contribution < 1.29 is 13.2 Å². The van der Waals surface area contributed by atoms with Gasteiger partial charge in [0, 0.05) is 27.5 Å². The number of anilines is 1. The minimum atomic E-state index is -3.55. The molecule has 4 rings (SSSR count). The van der Waals surface area contributed by atoms with Crippen molar-refractivity contribution in [3.8, 4) is 5.69 Å². The van der Waals surface area contributed by atoms with E-state index in [4.69, 9.17) is 23.2 Å². The minimum absolute atomic E-state index is 0.195. The minimum Gasteiger partial charge on any atom is -0.316 e. The van der Waals surface area contributed by atoms with Crippen LogP contribution in [0, 0.1) is 20.8 Å². The fourth-order valence-electron chi connectivity index (χ4n) is 4.29. The van der Waals surface area contributed by atoms with Crippen molar-refractivity contribution in [2.24, 2.45) is 5.10 Å². The van der Waals surface area contributed by atoms with Gasteiger partial charge in [0.1, 0.15) is 0 Å². The lowest BCUT2D eigenvalue weighted by molar-refractivity contribution is 0.0955. The van der Waals surface area contributed by atoms with Crippen molar-refractivity contribution in [2.75, 3.05) is 10.6 Å². The highest BCUT2D eigenvalue weighted by atomic mass is 35.5. The molecule has 0 aliphatic carbocycles. The van der Waals surface area contributed by atoms with E-state index >= 15 is 0 Å². The van der Waals surface area contributed by atoms with E-state index in [1.54, 1.807) is 48.7 Å². The van der Waals surface area contributed by atoms with Gasteiger partial charge in [-0.05, 0) is 80.4 Å². The monoisotopic (exact) mass is 582 g/mol. The van der Waals surface area contributed by atoms with E-state index in [1.165, 1.54) is 4.31 Å². The Bertz CT molecular complexity index is 1660. The molecular weight excluding hydrogens is 555 g/mol. The third kappa shape index (κ3) is 6.53. The van der Waals surface area contributed by atoms with Crippen LogP contribution in [0.15, 0.2) is 77.9 Å². The Hall–Kier alpha value is -3.59. The van der Waals surface area contributed by atoms with Crippen LogP contribution in [0.2, 0.25) is 10.0 Å². The van der Waals surface area contributed by atoms with Crippen molar-refractivity contribution in [1.82, 2.24) is 9.99 Å². The van der Waals surface area contributed by atoms with Gasteiger partial charge < -0.3 is 4.57 Å². The number of aromatic nitrogens is 1. The summed E-state index contributed by atoms with van der Waals surface area (Å²) in [6.07, 6.45) is 2.73. The summed E-state index contributed by atoms with van der Waals surface area (Å²) in [5, 5.41) is 5.26. The van der Waals surface area contributed by atoms with Gasteiger partial charge in [-0.3, -0.25) is 9.10 Å². The molecule has 1 aromatic heterocycles. The number of nitrogens with zero attached hydrogens (tertiary/aromatic N) is 3. The normalized spacial score (nSPS) is 11.6. The lowest BCUT2D eigenvalue weighted by Gasteiger charge is -2.23. The number of nitrogens with one attached hydrogen (secondary N) is 1. The summed E-state index contributed by atoms with van der Waals surface area (Å²) in [7, 11) is -3.55. The maximum atomic E-state index is 12.7. The van der Waals surface area contributed by atoms with Crippen LogP contribution in [0.1, 0.15) is 38.4 Å². The number of carbonyl (C=O) groups is 1. The average Bonchev–Trinajstić information content (AvgIpc) is 3.16. The van der Waals surface area contributed by atoms with Gasteiger partial charge in [0.05, 0.1) is 35.4 Å². The molecule has 0 aliphatic heterocycles. The smallest absolute Gasteiger partial charge is 0.271 e. The van der Waals surface area contributed by atoms with Crippen LogP contribution >= 0.6 is 23.2 Å². The predicted octanol–water partition coefficient (Wildman–Crippen LogP) is 6.44. The molecule has 10 heteroatoms.